The van der Waals surface area contributed by atoms with Crippen LogP contribution < -0.4 is 4.74 Å². The van der Waals surface area contributed by atoms with Crippen LogP contribution in [0.15, 0.2) is 24.3 Å². The van der Waals surface area contributed by atoms with Crippen molar-refractivity contribution in [3.8, 4) is 5.75 Å². The molecule has 1 amide bonds. The normalized spacial score (nSPS) is 16.1. The maximum absolute atomic E-state index is 12.2. The SMILES string of the molecule is O=C(O)CN(CC(=O)O)C(=O)C1Cc2ccccc2O1. The minimum atomic E-state index is -1.27. The fourth-order valence-corrected chi connectivity index (χ4v) is 2.06. The summed E-state index contributed by atoms with van der Waals surface area (Å²) in [5.74, 6) is -2.60. The van der Waals surface area contributed by atoms with Crippen LogP contribution in [-0.4, -0.2) is 52.2 Å². The molecule has 0 radical (unpaired) electrons. The van der Waals surface area contributed by atoms with Crippen molar-refractivity contribution in [2.24, 2.45) is 0 Å². The first-order chi connectivity index (χ1) is 9.47. The van der Waals surface area contributed by atoms with Crippen LogP contribution >= 0.6 is 0 Å². The van der Waals surface area contributed by atoms with Gasteiger partial charge < -0.3 is 19.8 Å². The summed E-state index contributed by atoms with van der Waals surface area (Å²) in [4.78, 5) is 34.3. The number of carbonyl (C=O) groups is 3. The lowest BCUT2D eigenvalue weighted by atomic mass is 10.1. The fourth-order valence-electron chi connectivity index (χ4n) is 2.06. The Balaban J connectivity index is 2.09. The average Bonchev–Trinajstić information content (AvgIpc) is 2.79. The first-order valence-electron chi connectivity index (χ1n) is 5.94. The third-order valence-electron chi connectivity index (χ3n) is 2.89. The van der Waals surface area contributed by atoms with E-state index in [0.717, 1.165) is 10.5 Å². The van der Waals surface area contributed by atoms with Crippen molar-refractivity contribution in [2.75, 3.05) is 13.1 Å². The third-order valence-corrected chi connectivity index (χ3v) is 2.89. The Morgan fingerprint density at radius 1 is 1.15 bits per heavy atom. The molecule has 0 saturated carbocycles. The van der Waals surface area contributed by atoms with Gasteiger partial charge in [0.25, 0.3) is 5.91 Å². The monoisotopic (exact) mass is 279 g/mol. The van der Waals surface area contributed by atoms with Gasteiger partial charge in [-0.1, -0.05) is 18.2 Å². The predicted octanol–water partition coefficient (Wildman–Crippen LogP) is -0.0121. The Kier molecular flexibility index (Phi) is 3.88. The van der Waals surface area contributed by atoms with Crippen molar-refractivity contribution < 1.29 is 29.3 Å². The summed E-state index contributed by atoms with van der Waals surface area (Å²) in [5, 5.41) is 17.5. The Bertz CT molecular complexity index is 515. The molecule has 106 valence electrons. The largest absolute Gasteiger partial charge is 0.480 e. The van der Waals surface area contributed by atoms with E-state index in [1.165, 1.54) is 0 Å². The second-order valence-electron chi connectivity index (χ2n) is 4.40. The third kappa shape index (κ3) is 3.05. The molecule has 7 nitrogen and oxygen atoms in total. The molecule has 1 aromatic carbocycles. The minimum Gasteiger partial charge on any atom is -0.480 e. The number of nitrogens with zero attached hydrogens (tertiary/aromatic N) is 1. The predicted molar refractivity (Wildman–Crippen MR) is 66.4 cm³/mol. The molecule has 1 unspecified atom stereocenters. The van der Waals surface area contributed by atoms with Crippen LogP contribution in [0.4, 0.5) is 0 Å². The number of benzene rings is 1. The van der Waals surface area contributed by atoms with E-state index < -0.39 is 37.0 Å². The van der Waals surface area contributed by atoms with E-state index in [4.69, 9.17) is 14.9 Å². The minimum absolute atomic E-state index is 0.310. The standard InChI is InChI=1S/C13H13NO6/c15-11(16)6-14(7-12(17)18)13(19)10-5-8-3-1-2-4-9(8)20-10/h1-4,10H,5-7H2,(H,15,16)(H,17,18). The molecular weight excluding hydrogens is 266 g/mol. The topological polar surface area (TPSA) is 104 Å². The summed E-state index contributed by atoms with van der Waals surface area (Å²) in [7, 11) is 0. The molecule has 2 N–H and O–H groups in total. The molecule has 1 aliphatic heterocycles. The van der Waals surface area contributed by atoms with Gasteiger partial charge in [0.1, 0.15) is 18.8 Å². The molecule has 1 aliphatic rings. The first kappa shape index (κ1) is 13.9. The summed E-state index contributed by atoms with van der Waals surface area (Å²) in [6.07, 6.45) is -0.559. The van der Waals surface area contributed by atoms with E-state index in [1.807, 2.05) is 0 Å². The maximum atomic E-state index is 12.2. The molecule has 20 heavy (non-hydrogen) atoms. The van der Waals surface area contributed by atoms with Crippen LogP contribution in [0.5, 0.6) is 5.75 Å². The molecule has 0 aromatic heterocycles. The van der Waals surface area contributed by atoms with Gasteiger partial charge >= 0.3 is 11.9 Å². The van der Waals surface area contributed by atoms with Crippen LogP contribution in [0.3, 0.4) is 0 Å². The summed E-state index contributed by atoms with van der Waals surface area (Å²) in [6.45, 7) is -1.33. The highest BCUT2D eigenvalue weighted by atomic mass is 16.5. The number of para-hydroxylation sites is 1. The number of carboxylic acid groups (broad SMARTS) is 2. The van der Waals surface area contributed by atoms with Gasteiger partial charge in [-0.15, -0.1) is 0 Å². The van der Waals surface area contributed by atoms with Gasteiger partial charge in [-0.3, -0.25) is 14.4 Å². The molecule has 0 aliphatic carbocycles. The highest BCUT2D eigenvalue weighted by Crippen LogP contribution is 2.28. The molecule has 0 bridgehead atoms. The van der Waals surface area contributed by atoms with Gasteiger partial charge in [0.15, 0.2) is 6.10 Å². The molecule has 0 spiro atoms. The Hall–Kier alpha value is -2.57. The number of amides is 1. The van der Waals surface area contributed by atoms with Crippen molar-refractivity contribution in [3.05, 3.63) is 29.8 Å². The number of aliphatic carboxylic acids is 2. The number of hydrogen-bond acceptors (Lipinski definition) is 4. The van der Waals surface area contributed by atoms with Gasteiger partial charge in [-0.25, -0.2) is 0 Å². The van der Waals surface area contributed by atoms with E-state index in [9.17, 15) is 14.4 Å². The van der Waals surface area contributed by atoms with Crippen molar-refractivity contribution in [1.29, 1.82) is 0 Å². The van der Waals surface area contributed by atoms with Crippen molar-refractivity contribution in [3.63, 3.8) is 0 Å². The molecule has 2 rings (SSSR count). The summed E-state index contributed by atoms with van der Waals surface area (Å²) >= 11 is 0. The second kappa shape index (κ2) is 5.60. The molecular formula is C13H13NO6. The van der Waals surface area contributed by atoms with E-state index >= 15 is 0 Å². The van der Waals surface area contributed by atoms with Gasteiger partial charge in [0.05, 0.1) is 0 Å². The van der Waals surface area contributed by atoms with Crippen molar-refractivity contribution >= 4 is 17.8 Å². The molecule has 0 saturated heterocycles. The number of rotatable bonds is 5. The molecule has 0 fully saturated rings. The summed E-state index contributed by atoms with van der Waals surface area (Å²) < 4.78 is 5.44. The maximum Gasteiger partial charge on any atom is 0.323 e. The van der Waals surface area contributed by atoms with Crippen molar-refractivity contribution in [1.82, 2.24) is 4.90 Å². The smallest absolute Gasteiger partial charge is 0.323 e. The van der Waals surface area contributed by atoms with Gasteiger partial charge in [0.2, 0.25) is 0 Å². The van der Waals surface area contributed by atoms with E-state index in [0.29, 0.717) is 12.2 Å². The van der Waals surface area contributed by atoms with Gasteiger partial charge in [-0.2, -0.15) is 0 Å². The zero-order valence-corrected chi connectivity index (χ0v) is 10.5. The number of carboxylic acids is 2. The summed E-state index contributed by atoms with van der Waals surface area (Å²) in [6, 6.07) is 7.09. The van der Waals surface area contributed by atoms with E-state index in [2.05, 4.69) is 0 Å². The lowest BCUT2D eigenvalue weighted by Gasteiger charge is -2.21. The van der Waals surface area contributed by atoms with Crippen LogP contribution in [-0.2, 0) is 20.8 Å². The highest BCUT2D eigenvalue weighted by molar-refractivity contribution is 5.88. The Morgan fingerprint density at radius 2 is 1.75 bits per heavy atom. The molecule has 7 heteroatoms. The highest BCUT2D eigenvalue weighted by Gasteiger charge is 2.33. The van der Waals surface area contributed by atoms with Crippen LogP contribution in [0.1, 0.15) is 5.56 Å². The number of ether oxygens (including phenoxy) is 1. The second-order valence-corrected chi connectivity index (χ2v) is 4.40. The van der Waals surface area contributed by atoms with Crippen LogP contribution in [0.2, 0.25) is 0 Å². The lowest BCUT2D eigenvalue weighted by Crippen LogP contribution is -2.46. The van der Waals surface area contributed by atoms with Crippen LogP contribution in [0, 0.1) is 0 Å². The zero-order chi connectivity index (χ0) is 14.7. The lowest BCUT2D eigenvalue weighted by molar-refractivity contribution is -0.152. The van der Waals surface area contributed by atoms with Crippen LogP contribution in [0.25, 0.3) is 0 Å². The van der Waals surface area contributed by atoms with Gasteiger partial charge in [-0.05, 0) is 11.6 Å². The van der Waals surface area contributed by atoms with Gasteiger partial charge in [0, 0.05) is 6.42 Å². The number of hydrogen-bond donors (Lipinski definition) is 2. The van der Waals surface area contributed by atoms with Crippen molar-refractivity contribution in [2.45, 2.75) is 12.5 Å². The number of fused-ring (bicyclic) bond motifs is 1. The Labute approximate surface area is 114 Å². The summed E-state index contributed by atoms with van der Waals surface area (Å²) in [5.41, 5.74) is 0.844. The van der Waals surface area contributed by atoms with E-state index in [-0.39, 0.29) is 0 Å². The fraction of sp³-hybridized carbons (Fsp3) is 0.308. The molecule has 1 atom stereocenters. The molecule has 1 heterocycles. The average molecular weight is 279 g/mol. The zero-order valence-electron chi connectivity index (χ0n) is 10.5. The molecule has 1 aromatic rings. The van der Waals surface area contributed by atoms with E-state index in [1.54, 1.807) is 24.3 Å². The quantitative estimate of drug-likeness (QED) is 0.785. The first-order valence-corrected chi connectivity index (χ1v) is 5.94. The Morgan fingerprint density at radius 3 is 2.30 bits per heavy atom. The number of carbonyl (C=O) groups excluding carboxylic acids is 1.